The van der Waals surface area contributed by atoms with Crippen LogP contribution in [-0.4, -0.2) is 20.2 Å². The quantitative estimate of drug-likeness (QED) is 0.376. The molecule has 0 bridgehead atoms. The molecule has 31 heavy (non-hydrogen) atoms. The van der Waals surface area contributed by atoms with E-state index < -0.39 is 0 Å². The van der Waals surface area contributed by atoms with Gasteiger partial charge in [0.05, 0.1) is 29.3 Å². The SMILES string of the molecule is C[C@@H]1N=C(c2ccccc2Br)c2cc([C@]34C[C@H]3C4)ccc2-n2cnc(-c3cnco3)c21. The van der Waals surface area contributed by atoms with E-state index in [1.54, 1.807) is 6.20 Å². The Morgan fingerprint density at radius 1 is 1.13 bits per heavy atom. The number of fused-ring (bicyclic) bond motifs is 4. The maximum atomic E-state index is 5.59. The molecule has 2 aromatic heterocycles. The van der Waals surface area contributed by atoms with Crippen LogP contribution in [0.3, 0.4) is 0 Å². The Bertz CT molecular complexity index is 1380. The number of hydrogen-bond donors (Lipinski definition) is 0. The van der Waals surface area contributed by atoms with Crippen molar-refractivity contribution in [3.05, 3.63) is 88.2 Å². The number of hydrogen-bond acceptors (Lipinski definition) is 4. The predicted molar refractivity (Wildman–Crippen MR) is 122 cm³/mol. The number of benzene rings is 2. The van der Waals surface area contributed by atoms with E-state index >= 15 is 0 Å². The largest absolute Gasteiger partial charge is 0.442 e. The third kappa shape index (κ3) is 2.45. The van der Waals surface area contributed by atoms with Gasteiger partial charge in [0.25, 0.3) is 0 Å². The Balaban J connectivity index is 1.50. The molecule has 1 aliphatic heterocycles. The molecule has 0 N–H and O–H groups in total. The lowest BCUT2D eigenvalue weighted by molar-refractivity contribution is 0.568. The molecule has 6 heteroatoms. The van der Waals surface area contributed by atoms with Crippen LogP contribution in [0.25, 0.3) is 17.1 Å². The molecule has 1 atom stereocenters. The number of nitrogens with zero attached hydrogens (tertiary/aromatic N) is 4. The maximum absolute atomic E-state index is 5.59. The summed E-state index contributed by atoms with van der Waals surface area (Å²) in [5, 5.41) is 0. The number of oxazole rings is 1. The third-order valence-electron chi connectivity index (χ3n) is 7.09. The minimum Gasteiger partial charge on any atom is -0.442 e. The van der Waals surface area contributed by atoms with Gasteiger partial charge in [-0.2, -0.15) is 0 Å². The fourth-order valence-corrected chi connectivity index (χ4v) is 5.55. The second-order valence-corrected chi connectivity index (χ2v) is 9.70. The third-order valence-corrected chi connectivity index (χ3v) is 7.78. The van der Waals surface area contributed by atoms with Gasteiger partial charge in [0.15, 0.2) is 12.2 Å². The average Bonchev–Trinajstić information content (AvgIpc) is 3.48. The van der Waals surface area contributed by atoms with E-state index in [-0.39, 0.29) is 6.04 Å². The molecular weight excluding hydrogens is 452 g/mol. The molecule has 5 nitrogen and oxygen atoms in total. The fourth-order valence-electron chi connectivity index (χ4n) is 5.08. The Kier molecular flexibility index (Phi) is 3.44. The molecule has 2 aliphatic carbocycles. The first-order chi connectivity index (χ1) is 15.2. The molecule has 0 unspecified atom stereocenters. The van der Waals surface area contributed by atoms with Gasteiger partial charge in [-0.15, -0.1) is 0 Å². The number of aromatic nitrogens is 3. The second-order valence-electron chi connectivity index (χ2n) is 8.84. The van der Waals surface area contributed by atoms with Crippen molar-refractivity contribution in [3.8, 4) is 17.1 Å². The molecule has 0 saturated heterocycles. The molecular formula is C25H19BrN4O. The summed E-state index contributed by atoms with van der Waals surface area (Å²) in [4.78, 5) is 14.0. The van der Waals surface area contributed by atoms with Crippen LogP contribution in [-0.2, 0) is 5.41 Å². The van der Waals surface area contributed by atoms with Gasteiger partial charge in [-0.1, -0.05) is 40.2 Å². The van der Waals surface area contributed by atoms with E-state index in [1.807, 2.05) is 12.4 Å². The highest BCUT2D eigenvalue weighted by Crippen LogP contribution is 2.75. The van der Waals surface area contributed by atoms with E-state index in [2.05, 4.69) is 73.8 Å². The molecule has 2 saturated carbocycles. The Hall–Kier alpha value is -2.99. The molecule has 152 valence electrons. The molecule has 3 aliphatic rings. The highest BCUT2D eigenvalue weighted by atomic mass is 79.9. The number of aliphatic imine (C=N–C) groups is 1. The summed E-state index contributed by atoms with van der Waals surface area (Å²) in [6.07, 6.45) is 7.70. The lowest BCUT2D eigenvalue weighted by Gasteiger charge is -2.15. The first-order valence-corrected chi connectivity index (χ1v) is 11.4. The molecule has 2 fully saturated rings. The van der Waals surface area contributed by atoms with Gasteiger partial charge < -0.3 is 4.42 Å². The van der Waals surface area contributed by atoms with Gasteiger partial charge in [-0.3, -0.25) is 9.56 Å². The zero-order chi connectivity index (χ0) is 20.7. The van der Waals surface area contributed by atoms with Crippen molar-refractivity contribution < 1.29 is 4.42 Å². The van der Waals surface area contributed by atoms with Crippen molar-refractivity contribution in [1.82, 2.24) is 14.5 Å². The highest BCUT2D eigenvalue weighted by Gasteiger charge is 2.70. The van der Waals surface area contributed by atoms with Crippen molar-refractivity contribution in [3.63, 3.8) is 0 Å². The number of imidazole rings is 1. The van der Waals surface area contributed by atoms with Crippen LogP contribution in [0.15, 0.2) is 75.3 Å². The van der Waals surface area contributed by atoms with Crippen molar-refractivity contribution in [1.29, 1.82) is 0 Å². The zero-order valence-corrected chi connectivity index (χ0v) is 18.5. The van der Waals surface area contributed by atoms with Crippen LogP contribution in [0.5, 0.6) is 0 Å². The molecule has 0 radical (unpaired) electrons. The predicted octanol–water partition coefficient (Wildman–Crippen LogP) is 5.86. The molecule has 2 aromatic carbocycles. The zero-order valence-electron chi connectivity index (χ0n) is 16.9. The van der Waals surface area contributed by atoms with E-state index in [1.165, 1.54) is 24.8 Å². The van der Waals surface area contributed by atoms with E-state index in [0.717, 1.165) is 44.3 Å². The summed E-state index contributed by atoms with van der Waals surface area (Å²) in [6, 6.07) is 15.1. The van der Waals surface area contributed by atoms with Crippen molar-refractivity contribution >= 4 is 21.6 Å². The van der Waals surface area contributed by atoms with Gasteiger partial charge in [-0.25, -0.2) is 9.97 Å². The lowest BCUT2D eigenvalue weighted by Crippen LogP contribution is -2.09. The summed E-state index contributed by atoms with van der Waals surface area (Å²) in [5.74, 6) is 1.55. The first-order valence-electron chi connectivity index (χ1n) is 10.6. The monoisotopic (exact) mass is 470 g/mol. The van der Waals surface area contributed by atoms with Gasteiger partial charge in [0.2, 0.25) is 0 Å². The second kappa shape index (κ2) is 6.04. The minimum absolute atomic E-state index is 0.103. The smallest absolute Gasteiger partial charge is 0.181 e. The van der Waals surface area contributed by atoms with Gasteiger partial charge in [0.1, 0.15) is 12.0 Å². The van der Waals surface area contributed by atoms with Crippen molar-refractivity contribution in [2.45, 2.75) is 31.2 Å². The van der Waals surface area contributed by atoms with E-state index in [0.29, 0.717) is 11.2 Å². The van der Waals surface area contributed by atoms with Gasteiger partial charge >= 0.3 is 0 Å². The number of halogens is 1. The first kappa shape index (κ1) is 17.7. The molecule has 3 heterocycles. The molecule has 0 spiro atoms. The normalized spacial score (nSPS) is 25.2. The van der Waals surface area contributed by atoms with Gasteiger partial charge in [-0.05, 0) is 54.9 Å². The molecule has 4 aromatic rings. The Morgan fingerprint density at radius 2 is 1.97 bits per heavy atom. The highest BCUT2D eigenvalue weighted by molar-refractivity contribution is 9.10. The van der Waals surface area contributed by atoms with E-state index in [4.69, 9.17) is 9.41 Å². The summed E-state index contributed by atoms with van der Waals surface area (Å²) in [7, 11) is 0. The molecule has 0 amide bonds. The topological polar surface area (TPSA) is 56.2 Å². The summed E-state index contributed by atoms with van der Waals surface area (Å²) in [5.41, 5.74) is 8.07. The van der Waals surface area contributed by atoms with Crippen LogP contribution < -0.4 is 0 Å². The van der Waals surface area contributed by atoms with Crippen LogP contribution in [0.2, 0.25) is 0 Å². The maximum Gasteiger partial charge on any atom is 0.181 e. The Morgan fingerprint density at radius 3 is 2.71 bits per heavy atom. The fraction of sp³-hybridized carbons (Fsp3) is 0.240. The Labute approximate surface area is 188 Å². The standard InChI is InChI=1S/C25H19BrN4O/c1-14-24-23(21-11-27-13-31-21)28-12-30(24)20-7-6-15(25-9-16(25)10-25)8-18(20)22(29-14)17-4-2-3-5-19(17)26/h2-8,11-14,16H,9-10H2,1H3/t14-,16-,25+/m0/s1. The average molecular weight is 471 g/mol. The summed E-state index contributed by atoms with van der Waals surface area (Å²) >= 11 is 3.76. The molecule has 7 rings (SSSR count). The van der Waals surface area contributed by atoms with Crippen LogP contribution in [0, 0.1) is 5.92 Å². The number of rotatable bonds is 3. The van der Waals surface area contributed by atoms with Crippen molar-refractivity contribution in [2.24, 2.45) is 10.9 Å². The van der Waals surface area contributed by atoms with Crippen molar-refractivity contribution in [2.75, 3.05) is 0 Å². The summed E-state index contributed by atoms with van der Waals surface area (Å²) < 4.78 is 8.80. The minimum atomic E-state index is -0.103. The van der Waals surface area contributed by atoms with Crippen LogP contribution >= 0.6 is 15.9 Å². The van der Waals surface area contributed by atoms with Gasteiger partial charge in [0, 0.05) is 15.6 Å². The van der Waals surface area contributed by atoms with Crippen LogP contribution in [0.4, 0.5) is 0 Å². The van der Waals surface area contributed by atoms with E-state index in [9.17, 15) is 0 Å². The van der Waals surface area contributed by atoms with Crippen LogP contribution in [0.1, 0.15) is 48.2 Å². The lowest BCUT2D eigenvalue weighted by atomic mass is 9.94. The summed E-state index contributed by atoms with van der Waals surface area (Å²) in [6.45, 7) is 2.12.